The highest BCUT2D eigenvalue weighted by atomic mass is 32.2. The average molecular weight is 346 g/mol. The molecule has 0 saturated heterocycles. The second-order valence-corrected chi connectivity index (χ2v) is 8.03. The molecular weight excluding hydrogens is 324 g/mol. The number of thioether (sulfide) groups is 1. The molecule has 8 nitrogen and oxygen atoms in total. The molecule has 2 heterocycles. The Morgan fingerprint density at radius 1 is 1.12 bits per heavy atom. The lowest BCUT2D eigenvalue weighted by Crippen LogP contribution is -2.16. The van der Waals surface area contributed by atoms with Gasteiger partial charge >= 0.3 is 0 Å². The molecular formula is C15H22N8S. The highest BCUT2D eigenvalue weighted by molar-refractivity contribution is 7.99. The molecule has 2 aliphatic rings. The highest BCUT2D eigenvalue weighted by Crippen LogP contribution is 2.47. The fraction of sp³-hybridized carbons (Fsp3) is 0.667. The van der Waals surface area contributed by atoms with Gasteiger partial charge < -0.3 is 15.2 Å². The highest BCUT2D eigenvalue weighted by Gasteiger charge is 2.36. The Labute approximate surface area is 145 Å². The van der Waals surface area contributed by atoms with Gasteiger partial charge in [0.1, 0.15) is 11.6 Å². The molecule has 0 aliphatic heterocycles. The molecule has 4 rings (SSSR count). The number of aromatic nitrogens is 6. The maximum Gasteiger partial charge on any atom is 0.229 e. The van der Waals surface area contributed by atoms with Crippen molar-refractivity contribution in [3.8, 4) is 0 Å². The van der Waals surface area contributed by atoms with Gasteiger partial charge in [0.15, 0.2) is 5.16 Å². The fourth-order valence-corrected chi connectivity index (χ4v) is 3.63. The van der Waals surface area contributed by atoms with Crippen molar-refractivity contribution in [2.45, 2.75) is 55.0 Å². The third-order valence-electron chi connectivity index (χ3n) is 4.25. The Bertz CT molecular complexity index is 750. The number of rotatable bonds is 6. The Morgan fingerprint density at radius 2 is 1.88 bits per heavy atom. The van der Waals surface area contributed by atoms with Crippen molar-refractivity contribution in [2.24, 2.45) is 0 Å². The van der Waals surface area contributed by atoms with Gasteiger partial charge in [-0.05, 0) is 32.6 Å². The summed E-state index contributed by atoms with van der Waals surface area (Å²) in [4.78, 5) is 14.8. The lowest BCUT2D eigenvalue weighted by atomic mass is 10.4. The van der Waals surface area contributed by atoms with Crippen molar-refractivity contribution in [3.05, 3.63) is 11.6 Å². The minimum absolute atomic E-state index is 0.0303. The normalized spacial score (nSPS) is 18.6. The summed E-state index contributed by atoms with van der Waals surface area (Å²) in [6.45, 7) is 2.07. The van der Waals surface area contributed by atoms with Crippen molar-refractivity contribution in [3.63, 3.8) is 0 Å². The first-order valence-corrected chi connectivity index (χ1v) is 9.21. The Morgan fingerprint density at radius 3 is 2.50 bits per heavy atom. The molecule has 1 atom stereocenters. The standard InChI is InChI=1S/C15H22N8S/c1-8(11-17-13(16)19-14(18-11)22(2)3)24-15-21-20-12(9-4-5-9)23(15)10-6-7-10/h8-10H,4-7H2,1-3H3,(H2,16,17,18,19)/t8-/m1/s1. The van der Waals surface area contributed by atoms with Gasteiger partial charge in [-0.1, -0.05) is 11.8 Å². The van der Waals surface area contributed by atoms with Gasteiger partial charge in [-0.3, -0.25) is 0 Å². The summed E-state index contributed by atoms with van der Waals surface area (Å²) in [7, 11) is 3.78. The largest absolute Gasteiger partial charge is 0.368 e. The van der Waals surface area contributed by atoms with E-state index in [1.165, 1.54) is 25.7 Å². The molecule has 2 N–H and O–H groups in total. The van der Waals surface area contributed by atoms with E-state index >= 15 is 0 Å². The fourth-order valence-electron chi connectivity index (χ4n) is 2.65. The van der Waals surface area contributed by atoms with Crippen LogP contribution in [0.25, 0.3) is 0 Å². The van der Waals surface area contributed by atoms with Gasteiger partial charge in [-0.15, -0.1) is 10.2 Å². The van der Waals surface area contributed by atoms with Crippen LogP contribution in [0.5, 0.6) is 0 Å². The Kier molecular flexibility index (Phi) is 3.82. The molecule has 0 radical (unpaired) electrons. The van der Waals surface area contributed by atoms with Gasteiger partial charge in [-0.25, -0.2) is 0 Å². The second kappa shape index (κ2) is 5.87. The van der Waals surface area contributed by atoms with Crippen LogP contribution < -0.4 is 10.6 Å². The third kappa shape index (κ3) is 3.04. The van der Waals surface area contributed by atoms with Crippen LogP contribution in [0.2, 0.25) is 0 Å². The zero-order chi connectivity index (χ0) is 16.8. The van der Waals surface area contributed by atoms with Crippen LogP contribution >= 0.6 is 11.8 Å². The Hall–Kier alpha value is -1.90. The molecule has 0 bridgehead atoms. The van der Waals surface area contributed by atoms with E-state index in [4.69, 9.17) is 5.73 Å². The molecule has 0 unspecified atom stereocenters. The van der Waals surface area contributed by atoms with Crippen LogP contribution in [0.3, 0.4) is 0 Å². The molecule has 2 saturated carbocycles. The maximum atomic E-state index is 5.84. The Balaban J connectivity index is 1.59. The van der Waals surface area contributed by atoms with Crippen molar-refractivity contribution in [1.82, 2.24) is 29.7 Å². The van der Waals surface area contributed by atoms with E-state index in [1.54, 1.807) is 11.8 Å². The number of hydrogen-bond acceptors (Lipinski definition) is 8. The van der Waals surface area contributed by atoms with Crippen molar-refractivity contribution in [1.29, 1.82) is 0 Å². The van der Waals surface area contributed by atoms with E-state index in [-0.39, 0.29) is 11.2 Å². The lowest BCUT2D eigenvalue weighted by molar-refractivity contribution is 0.625. The van der Waals surface area contributed by atoms with Crippen molar-refractivity contribution < 1.29 is 0 Å². The van der Waals surface area contributed by atoms with E-state index < -0.39 is 0 Å². The van der Waals surface area contributed by atoms with Crippen LogP contribution in [0.15, 0.2) is 5.16 Å². The molecule has 2 aromatic heterocycles. The zero-order valence-electron chi connectivity index (χ0n) is 14.2. The van der Waals surface area contributed by atoms with Gasteiger partial charge in [-0.2, -0.15) is 15.0 Å². The summed E-state index contributed by atoms with van der Waals surface area (Å²) in [5.41, 5.74) is 5.84. The van der Waals surface area contributed by atoms with Crippen molar-refractivity contribution in [2.75, 3.05) is 24.7 Å². The summed E-state index contributed by atoms with van der Waals surface area (Å²) in [5.74, 6) is 3.27. The molecule has 2 fully saturated rings. The third-order valence-corrected chi connectivity index (χ3v) is 5.30. The number of nitrogens with zero attached hydrogens (tertiary/aromatic N) is 7. The SMILES string of the molecule is C[C@@H](Sc1nnc(C2CC2)n1C1CC1)c1nc(N)nc(N(C)C)n1. The molecule has 0 aromatic carbocycles. The minimum Gasteiger partial charge on any atom is -0.368 e. The van der Waals surface area contributed by atoms with Crippen molar-refractivity contribution >= 4 is 23.7 Å². The van der Waals surface area contributed by atoms with Gasteiger partial charge in [0.2, 0.25) is 11.9 Å². The van der Waals surface area contributed by atoms with E-state index in [1.807, 2.05) is 19.0 Å². The molecule has 2 aromatic rings. The van der Waals surface area contributed by atoms with E-state index in [0.717, 1.165) is 11.0 Å². The van der Waals surface area contributed by atoms with Gasteiger partial charge in [0.25, 0.3) is 0 Å². The molecule has 0 spiro atoms. The molecule has 9 heteroatoms. The van der Waals surface area contributed by atoms with Crippen LogP contribution in [-0.2, 0) is 0 Å². The van der Waals surface area contributed by atoms with Gasteiger partial charge in [0.05, 0.1) is 5.25 Å². The summed E-state index contributed by atoms with van der Waals surface area (Å²) in [6.07, 6.45) is 4.93. The van der Waals surface area contributed by atoms with Crippen LogP contribution in [0, 0.1) is 0 Å². The number of hydrogen-bond donors (Lipinski definition) is 1. The summed E-state index contributed by atoms with van der Waals surface area (Å²) in [5, 5.41) is 9.90. The van der Waals surface area contributed by atoms with Crippen LogP contribution in [0.1, 0.15) is 61.5 Å². The number of anilines is 2. The number of nitrogens with two attached hydrogens (primary N) is 1. The minimum atomic E-state index is 0.0303. The zero-order valence-corrected chi connectivity index (χ0v) is 15.0. The lowest BCUT2D eigenvalue weighted by Gasteiger charge is -2.15. The predicted molar refractivity (Wildman–Crippen MR) is 93.1 cm³/mol. The van der Waals surface area contributed by atoms with Crippen LogP contribution in [-0.4, -0.2) is 43.8 Å². The molecule has 128 valence electrons. The van der Waals surface area contributed by atoms with E-state index in [9.17, 15) is 0 Å². The predicted octanol–water partition coefficient (Wildman–Crippen LogP) is 2.18. The monoisotopic (exact) mass is 346 g/mol. The van der Waals surface area contributed by atoms with E-state index in [2.05, 4.69) is 36.6 Å². The molecule has 0 amide bonds. The summed E-state index contributed by atoms with van der Waals surface area (Å²) >= 11 is 1.65. The van der Waals surface area contributed by atoms with E-state index in [0.29, 0.717) is 23.7 Å². The quantitative estimate of drug-likeness (QED) is 0.795. The first-order valence-electron chi connectivity index (χ1n) is 8.33. The maximum absolute atomic E-state index is 5.84. The van der Waals surface area contributed by atoms with Crippen LogP contribution in [0.4, 0.5) is 11.9 Å². The second-order valence-electron chi connectivity index (χ2n) is 6.72. The smallest absolute Gasteiger partial charge is 0.229 e. The van der Waals surface area contributed by atoms with Gasteiger partial charge in [0, 0.05) is 26.1 Å². The number of nitrogen functional groups attached to an aromatic ring is 1. The summed E-state index contributed by atoms with van der Waals surface area (Å²) < 4.78 is 2.34. The first-order chi connectivity index (χ1) is 11.5. The topological polar surface area (TPSA) is 98.6 Å². The summed E-state index contributed by atoms with van der Waals surface area (Å²) in [6, 6.07) is 0.575. The first kappa shape index (κ1) is 15.6. The average Bonchev–Trinajstić information content (AvgIpc) is 3.46. The molecule has 24 heavy (non-hydrogen) atoms. The molecule has 2 aliphatic carbocycles.